The summed E-state index contributed by atoms with van der Waals surface area (Å²) < 4.78 is 28.5. The molecule has 0 aliphatic heterocycles. The first-order valence-electron chi connectivity index (χ1n) is 8.01. The molecule has 0 aliphatic rings. The van der Waals surface area contributed by atoms with Crippen molar-refractivity contribution >= 4 is 27.5 Å². The first-order valence-corrected chi connectivity index (χ1v) is 9.87. The molecule has 0 spiro atoms. The number of carbonyl (C=O) groups excluding carboxylic acids is 1. The second-order valence-electron chi connectivity index (χ2n) is 6.14. The van der Waals surface area contributed by atoms with Gasteiger partial charge in [-0.3, -0.25) is 9.59 Å². The van der Waals surface area contributed by atoms with Crippen LogP contribution in [0.4, 0.5) is 0 Å². The summed E-state index contributed by atoms with van der Waals surface area (Å²) in [5, 5.41) is 12.6. The Bertz CT molecular complexity index is 1030. The minimum absolute atomic E-state index is 0.0570. The highest BCUT2D eigenvalue weighted by molar-refractivity contribution is 7.89. The smallest absolute Gasteiger partial charge is 0.272 e. The molecule has 10 heteroatoms. The van der Waals surface area contributed by atoms with Crippen LogP contribution in [-0.2, 0) is 23.6 Å². The predicted molar refractivity (Wildman–Crippen MR) is 101 cm³/mol. The van der Waals surface area contributed by atoms with Gasteiger partial charge < -0.3 is 15.0 Å². The number of carbonyl (C=O) groups is 1. The molecule has 1 aromatic carbocycles. The van der Waals surface area contributed by atoms with Crippen LogP contribution in [0, 0.1) is 0 Å². The first-order chi connectivity index (χ1) is 12.5. The zero-order valence-electron chi connectivity index (χ0n) is 15.0. The van der Waals surface area contributed by atoms with Gasteiger partial charge >= 0.3 is 0 Å². The van der Waals surface area contributed by atoms with Crippen molar-refractivity contribution in [3.05, 3.63) is 57.0 Å². The molecule has 2 aromatic rings. The maximum Gasteiger partial charge on any atom is 0.272 e. The molecule has 8 nitrogen and oxygen atoms in total. The van der Waals surface area contributed by atoms with Crippen LogP contribution in [0.25, 0.3) is 0 Å². The number of aromatic hydroxyl groups is 1. The molecule has 1 heterocycles. The monoisotopic (exact) mass is 413 g/mol. The predicted octanol–water partition coefficient (Wildman–Crippen LogP) is 1.36. The topological polar surface area (TPSA) is 118 Å². The van der Waals surface area contributed by atoms with Gasteiger partial charge in [-0.1, -0.05) is 23.7 Å². The first kappa shape index (κ1) is 20.9. The van der Waals surface area contributed by atoms with E-state index in [0.717, 1.165) is 6.07 Å². The highest BCUT2D eigenvalue weighted by Crippen LogP contribution is 2.21. The molecular weight excluding hydrogens is 394 g/mol. The van der Waals surface area contributed by atoms with Crippen molar-refractivity contribution in [2.24, 2.45) is 7.05 Å². The van der Waals surface area contributed by atoms with Crippen molar-refractivity contribution in [3.63, 3.8) is 0 Å². The fourth-order valence-electron chi connectivity index (χ4n) is 2.41. The van der Waals surface area contributed by atoms with Crippen LogP contribution in [0.15, 0.2) is 40.0 Å². The van der Waals surface area contributed by atoms with Crippen LogP contribution in [0.3, 0.4) is 0 Å². The van der Waals surface area contributed by atoms with Gasteiger partial charge in [-0.2, -0.15) is 0 Å². The van der Waals surface area contributed by atoms with Crippen LogP contribution in [0.2, 0.25) is 5.02 Å². The zero-order valence-corrected chi connectivity index (χ0v) is 16.6. The normalized spacial score (nSPS) is 11.6. The van der Waals surface area contributed by atoms with E-state index >= 15 is 0 Å². The second kappa shape index (κ2) is 8.12. The van der Waals surface area contributed by atoms with E-state index in [4.69, 9.17) is 11.6 Å². The minimum atomic E-state index is -3.94. The molecule has 1 amide bonds. The lowest BCUT2D eigenvalue weighted by Gasteiger charge is -2.17. The summed E-state index contributed by atoms with van der Waals surface area (Å²) in [6, 6.07) is 6.78. The second-order valence-corrected chi connectivity index (χ2v) is 8.28. The molecule has 0 aliphatic carbocycles. The number of rotatable bonds is 6. The molecule has 3 N–H and O–H groups in total. The van der Waals surface area contributed by atoms with Crippen LogP contribution < -0.4 is 15.5 Å². The van der Waals surface area contributed by atoms with Gasteiger partial charge in [0.2, 0.25) is 15.5 Å². The lowest BCUT2D eigenvalue weighted by atomic mass is 10.2. The summed E-state index contributed by atoms with van der Waals surface area (Å²) in [5.41, 5.74) is -0.834. The Morgan fingerprint density at radius 3 is 2.52 bits per heavy atom. The third-order valence-electron chi connectivity index (χ3n) is 3.73. The number of nitrogens with zero attached hydrogens (tertiary/aromatic N) is 1. The third kappa shape index (κ3) is 4.68. The molecule has 0 bridgehead atoms. The molecule has 0 saturated carbocycles. The average molecular weight is 414 g/mol. The number of aromatic nitrogens is 1. The van der Waals surface area contributed by atoms with Crippen molar-refractivity contribution in [2.45, 2.75) is 31.3 Å². The fourth-order valence-corrected chi connectivity index (χ4v) is 3.92. The Labute approximate surface area is 161 Å². The van der Waals surface area contributed by atoms with E-state index in [2.05, 4.69) is 10.0 Å². The Morgan fingerprint density at radius 2 is 1.93 bits per heavy atom. The van der Waals surface area contributed by atoms with Crippen LogP contribution >= 0.6 is 11.6 Å². The summed E-state index contributed by atoms with van der Waals surface area (Å²) in [4.78, 5) is 24.2. The van der Waals surface area contributed by atoms with E-state index in [9.17, 15) is 23.1 Å². The van der Waals surface area contributed by atoms with Gasteiger partial charge in [0.1, 0.15) is 4.90 Å². The van der Waals surface area contributed by atoms with Gasteiger partial charge in [0.25, 0.3) is 5.91 Å². The minimum Gasteiger partial charge on any atom is -0.503 e. The van der Waals surface area contributed by atoms with Gasteiger partial charge in [-0.15, -0.1) is 0 Å². The van der Waals surface area contributed by atoms with Crippen LogP contribution in [-0.4, -0.2) is 30.0 Å². The largest absolute Gasteiger partial charge is 0.503 e. The maximum absolute atomic E-state index is 12.4. The maximum atomic E-state index is 12.4. The zero-order chi connectivity index (χ0) is 20.4. The van der Waals surface area contributed by atoms with Gasteiger partial charge in [0.05, 0.1) is 11.6 Å². The van der Waals surface area contributed by atoms with E-state index in [-0.39, 0.29) is 33.9 Å². The number of sulfonamides is 1. The number of pyridine rings is 1. The lowest BCUT2D eigenvalue weighted by molar-refractivity contribution is 0.0930. The lowest BCUT2D eigenvalue weighted by Crippen LogP contribution is -2.34. The van der Waals surface area contributed by atoms with Crippen molar-refractivity contribution < 1.29 is 18.3 Å². The van der Waals surface area contributed by atoms with E-state index in [1.807, 2.05) is 0 Å². The van der Waals surface area contributed by atoms with Crippen molar-refractivity contribution in [2.75, 3.05) is 0 Å². The molecule has 146 valence electrons. The summed E-state index contributed by atoms with van der Waals surface area (Å²) >= 11 is 5.92. The molecule has 0 unspecified atom stereocenters. The molecule has 0 fully saturated rings. The average Bonchev–Trinajstić information content (AvgIpc) is 2.56. The SMILES string of the molecule is CC(C)NC(=O)c1c(O)c(=O)cc(CNS(=O)(=O)c2ccccc2Cl)n1C. The Kier molecular flexibility index (Phi) is 6.30. The number of nitrogens with one attached hydrogen (secondary N) is 2. The quantitative estimate of drug-likeness (QED) is 0.661. The van der Waals surface area contributed by atoms with E-state index in [1.165, 1.54) is 29.8 Å². The summed E-state index contributed by atoms with van der Waals surface area (Å²) in [7, 11) is -2.49. The standard InChI is InChI=1S/C17H20ClN3O5S/c1-10(2)20-17(24)15-16(23)13(22)8-11(21(15)3)9-19-27(25,26)14-7-5-4-6-12(14)18/h4-8,10,19,23H,9H2,1-3H3,(H,20,24). The van der Waals surface area contributed by atoms with Crippen molar-refractivity contribution in [1.29, 1.82) is 0 Å². The van der Waals surface area contributed by atoms with E-state index < -0.39 is 27.1 Å². The third-order valence-corrected chi connectivity index (χ3v) is 5.63. The highest BCUT2D eigenvalue weighted by atomic mass is 35.5. The Balaban J connectivity index is 2.38. The number of amides is 1. The molecular formula is C17H20ClN3O5S. The molecule has 1 aromatic heterocycles. The number of hydrogen-bond acceptors (Lipinski definition) is 5. The Hall–Kier alpha value is -2.36. The van der Waals surface area contributed by atoms with E-state index in [1.54, 1.807) is 19.9 Å². The summed E-state index contributed by atoms with van der Waals surface area (Å²) in [5.74, 6) is -1.34. The summed E-state index contributed by atoms with van der Waals surface area (Å²) in [6.45, 7) is 3.19. The molecule has 0 saturated heterocycles. The number of hydrogen-bond donors (Lipinski definition) is 3. The van der Waals surface area contributed by atoms with Crippen LogP contribution in [0.1, 0.15) is 30.0 Å². The number of benzene rings is 1. The highest BCUT2D eigenvalue weighted by Gasteiger charge is 2.22. The van der Waals surface area contributed by atoms with Crippen molar-refractivity contribution in [3.8, 4) is 5.75 Å². The molecule has 2 rings (SSSR count). The van der Waals surface area contributed by atoms with Gasteiger partial charge in [-0.25, -0.2) is 13.1 Å². The van der Waals surface area contributed by atoms with Gasteiger partial charge in [0, 0.05) is 24.8 Å². The van der Waals surface area contributed by atoms with Gasteiger partial charge in [-0.05, 0) is 26.0 Å². The fraction of sp³-hybridized carbons (Fsp3) is 0.294. The van der Waals surface area contributed by atoms with Crippen LogP contribution in [0.5, 0.6) is 5.75 Å². The number of halogens is 1. The summed E-state index contributed by atoms with van der Waals surface area (Å²) in [6.07, 6.45) is 0. The van der Waals surface area contributed by atoms with Crippen molar-refractivity contribution in [1.82, 2.24) is 14.6 Å². The molecule has 0 radical (unpaired) electrons. The molecule has 0 atom stereocenters. The molecule has 27 heavy (non-hydrogen) atoms. The van der Waals surface area contributed by atoms with E-state index in [0.29, 0.717) is 0 Å². The van der Waals surface area contributed by atoms with Gasteiger partial charge in [0.15, 0.2) is 11.4 Å². The Morgan fingerprint density at radius 1 is 1.30 bits per heavy atom.